The van der Waals surface area contributed by atoms with Gasteiger partial charge in [0.15, 0.2) is 0 Å². The van der Waals surface area contributed by atoms with Crippen LogP contribution in [-0.4, -0.2) is 22.4 Å². The van der Waals surface area contributed by atoms with Crippen LogP contribution in [0.5, 0.6) is 5.75 Å². The van der Waals surface area contributed by atoms with Gasteiger partial charge in [-0.2, -0.15) is 0 Å². The standard InChI is InChI=1S/C12H16BrNO2/c1-8-3-4-11(15)10(7-8)12(16)14-6-5-9(2)13/h3-4,7,9,15H,5-6H2,1-2H3,(H,14,16). The fourth-order valence-electron chi connectivity index (χ4n) is 1.31. The Hall–Kier alpha value is -1.03. The van der Waals surface area contributed by atoms with Gasteiger partial charge in [0.1, 0.15) is 5.75 Å². The van der Waals surface area contributed by atoms with Crippen LogP contribution in [0.1, 0.15) is 29.3 Å². The smallest absolute Gasteiger partial charge is 0.255 e. The molecule has 16 heavy (non-hydrogen) atoms. The van der Waals surface area contributed by atoms with Crippen LogP contribution in [0.4, 0.5) is 0 Å². The zero-order chi connectivity index (χ0) is 12.1. The summed E-state index contributed by atoms with van der Waals surface area (Å²) in [6, 6.07) is 4.99. The van der Waals surface area contributed by atoms with Gasteiger partial charge >= 0.3 is 0 Å². The molecule has 1 aromatic rings. The Kier molecular flexibility index (Phi) is 4.80. The van der Waals surface area contributed by atoms with E-state index in [1.807, 2.05) is 13.8 Å². The van der Waals surface area contributed by atoms with E-state index in [1.165, 1.54) is 6.07 Å². The molecule has 0 saturated heterocycles. The Morgan fingerprint density at radius 1 is 1.56 bits per heavy atom. The number of nitrogens with one attached hydrogen (secondary N) is 1. The van der Waals surface area contributed by atoms with E-state index < -0.39 is 0 Å². The summed E-state index contributed by atoms with van der Waals surface area (Å²) in [6.45, 7) is 4.51. The number of phenolic OH excluding ortho intramolecular Hbond substituents is 1. The van der Waals surface area contributed by atoms with Gasteiger partial charge in [0.25, 0.3) is 5.91 Å². The lowest BCUT2D eigenvalue weighted by Gasteiger charge is -2.08. The van der Waals surface area contributed by atoms with Crippen LogP contribution >= 0.6 is 15.9 Å². The number of halogens is 1. The Labute approximate surface area is 104 Å². The molecule has 88 valence electrons. The lowest BCUT2D eigenvalue weighted by molar-refractivity contribution is 0.0950. The molecule has 0 fully saturated rings. The van der Waals surface area contributed by atoms with Crippen molar-refractivity contribution >= 4 is 21.8 Å². The fraction of sp³-hybridized carbons (Fsp3) is 0.417. The summed E-state index contributed by atoms with van der Waals surface area (Å²) in [7, 11) is 0. The second kappa shape index (κ2) is 5.89. The summed E-state index contributed by atoms with van der Waals surface area (Å²) in [5.41, 5.74) is 1.29. The Morgan fingerprint density at radius 3 is 2.88 bits per heavy atom. The number of phenols is 1. The minimum Gasteiger partial charge on any atom is -0.507 e. The molecule has 0 bridgehead atoms. The number of amides is 1. The average molecular weight is 286 g/mol. The van der Waals surface area contributed by atoms with Crippen LogP contribution in [0.25, 0.3) is 0 Å². The van der Waals surface area contributed by atoms with Crippen molar-refractivity contribution in [1.29, 1.82) is 0 Å². The Bertz CT molecular complexity index is 377. The van der Waals surface area contributed by atoms with Gasteiger partial charge in [-0.05, 0) is 25.5 Å². The topological polar surface area (TPSA) is 49.3 Å². The third-order valence-corrected chi connectivity index (χ3v) is 2.68. The van der Waals surface area contributed by atoms with Crippen LogP contribution in [0.15, 0.2) is 18.2 Å². The van der Waals surface area contributed by atoms with Crippen molar-refractivity contribution in [3.05, 3.63) is 29.3 Å². The summed E-state index contributed by atoms with van der Waals surface area (Å²) in [5.74, 6) is -0.204. The van der Waals surface area contributed by atoms with E-state index in [2.05, 4.69) is 21.2 Å². The summed E-state index contributed by atoms with van der Waals surface area (Å²) < 4.78 is 0. The van der Waals surface area contributed by atoms with Crippen molar-refractivity contribution in [2.75, 3.05) is 6.54 Å². The molecule has 1 amide bonds. The summed E-state index contributed by atoms with van der Waals surface area (Å²) >= 11 is 3.41. The molecule has 0 radical (unpaired) electrons. The van der Waals surface area contributed by atoms with Gasteiger partial charge in [-0.1, -0.05) is 34.5 Å². The van der Waals surface area contributed by atoms with E-state index in [1.54, 1.807) is 12.1 Å². The maximum atomic E-state index is 11.7. The number of hydrogen-bond acceptors (Lipinski definition) is 2. The molecule has 1 unspecified atom stereocenters. The Balaban J connectivity index is 2.62. The van der Waals surface area contributed by atoms with E-state index in [0.717, 1.165) is 12.0 Å². The highest BCUT2D eigenvalue weighted by atomic mass is 79.9. The molecule has 1 aromatic carbocycles. The van der Waals surface area contributed by atoms with E-state index in [0.29, 0.717) is 16.9 Å². The zero-order valence-corrected chi connectivity index (χ0v) is 11.0. The van der Waals surface area contributed by atoms with E-state index in [4.69, 9.17) is 0 Å². The molecule has 0 aliphatic rings. The molecule has 1 atom stereocenters. The SMILES string of the molecule is Cc1ccc(O)c(C(=O)NCCC(C)Br)c1. The molecular formula is C12H16BrNO2. The lowest BCUT2D eigenvalue weighted by atomic mass is 10.1. The molecule has 0 aliphatic heterocycles. The Morgan fingerprint density at radius 2 is 2.25 bits per heavy atom. The number of rotatable bonds is 4. The van der Waals surface area contributed by atoms with Crippen molar-refractivity contribution in [2.24, 2.45) is 0 Å². The molecule has 0 aliphatic carbocycles. The van der Waals surface area contributed by atoms with Crippen LogP contribution in [0.2, 0.25) is 0 Å². The summed E-state index contributed by atoms with van der Waals surface area (Å²) in [4.78, 5) is 12.1. The molecule has 1 rings (SSSR count). The molecular weight excluding hydrogens is 270 g/mol. The van der Waals surface area contributed by atoms with Crippen molar-refractivity contribution in [3.8, 4) is 5.75 Å². The van der Waals surface area contributed by atoms with Gasteiger partial charge in [-0.25, -0.2) is 0 Å². The van der Waals surface area contributed by atoms with Crippen LogP contribution in [0, 0.1) is 6.92 Å². The van der Waals surface area contributed by atoms with Crippen LogP contribution < -0.4 is 5.32 Å². The number of alkyl halides is 1. The first-order valence-electron chi connectivity index (χ1n) is 5.22. The largest absolute Gasteiger partial charge is 0.507 e. The summed E-state index contributed by atoms with van der Waals surface area (Å²) in [5, 5.41) is 12.3. The van der Waals surface area contributed by atoms with Gasteiger partial charge in [0.05, 0.1) is 5.56 Å². The van der Waals surface area contributed by atoms with Crippen molar-refractivity contribution in [3.63, 3.8) is 0 Å². The molecule has 0 heterocycles. The van der Waals surface area contributed by atoms with Gasteiger partial charge < -0.3 is 10.4 Å². The van der Waals surface area contributed by atoms with Crippen LogP contribution in [0.3, 0.4) is 0 Å². The molecule has 0 spiro atoms. The number of aromatic hydroxyl groups is 1. The number of hydrogen-bond donors (Lipinski definition) is 2. The van der Waals surface area contributed by atoms with Gasteiger partial charge in [0, 0.05) is 11.4 Å². The number of benzene rings is 1. The maximum absolute atomic E-state index is 11.7. The van der Waals surface area contributed by atoms with Crippen molar-refractivity contribution in [1.82, 2.24) is 5.32 Å². The van der Waals surface area contributed by atoms with E-state index >= 15 is 0 Å². The molecule has 2 N–H and O–H groups in total. The van der Waals surface area contributed by atoms with Gasteiger partial charge in [-0.15, -0.1) is 0 Å². The van der Waals surface area contributed by atoms with Gasteiger partial charge in [0.2, 0.25) is 0 Å². The average Bonchev–Trinajstić information content (AvgIpc) is 2.21. The first-order valence-corrected chi connectivity index (χ1v) is 6.14. The first-order chi connectivity index (χ1) is 7.50. The normalized spacial score (nSPS) is 12.2. The third-order valence-electron chi connectivity index (χ3n) is 2.22. The minimum atomic E-state index is -0.227. The predicted octanol–water partition coefficient (Wildman–Crippen LogP) is 2.60. The number of carbonyl (C=O) groups is 1. The van der Waals surface area contributed by atoms with Crippen LogP contribution in [-0.2, 0) is 0 Å². The second-order valence-corrected chi connectivity index (χ2v) is 5.41. The van der Waals surface area contributed by atoms with E-state index in [9.17, 15) is 9.90 Å². The highest BCUT2D eigenvalue weighted by Crippen LogP contribution is 2.17. The monoisotopic (exact) mass is 285 g/mol. The highest BCUT2D eigenvalue weighted by Gasteiger charge is 2.10. The van der Waals surface area contributed by atoms with Gasteiger partial charge in [-0.3, -0.25) is 4.79 Å². The zero-order valence-electron chi connectivity index (χ0n) is 9.46. The maximum Gasteiger partial charge on any atom is 0.255 e. The molecule has 4 heteroatoms. The quantitative estimate of drug-likeness (QED) is 0.836. The van der Waals surface area contributed by atoms with Crippen molar-refractivity contribution < 1.29 is 9.90 Å². The fourth-order valence-corrected chi connectivity index (χ4v) is 1.54. The molecule has 3 nitrogen and oxygen atoms in total. The molecule has 0 aromatic heterocycles. The number of carbonyl (C=O) groups excluding carboxylic acids is 1. The number of aryl methyl sites for hydroxylation is 1. The third kappa shape index (κ3) is 3.85. The second-order valence-electron chi connectivity index (χ2n) is 3.85. The lowest BCUT2D eigenvalue weighted by Crippen LogP contribution is -2.25. The van der Waals surface area contributed by atoms with E-state index in [-0.39, 0.29) is 11.7 Å². The minimum absolute atomic E-state index is 0.0231. The highest BCUT2D eigenvalue weighted by molar-refractivity contribution is 9.09. The summed E-state index contributed by atoms with van der Waals surface area (Å²) in [6.07, 6.45) is 0.859. The molecule has 0 saturated carbocycles. The predicted molar refractivity (Wildman–Crippen MR) is 68.2 cm³/mol. The first kappa shape index (κ1) is 13.0. The van der Waals surface area contributed by atoms with Crippen molar-refractivity contribution in [2.45, 2.75) is 25.1 Å².